The molecule has 4 heterocycles. The third-order valence-electron chi connectivity index (χ3n) is 7.26. The first kappa shape index (κ1) is 21.5. The van der Waals surface area contributed by atoms with Gasteiger partial charge in [-0.3, -0.25) is 9.69 Å². The van der Waals surface area contributed by atoms with Crippen molar-refractivity contribution in [3.8, 4) is 0 Å². The van der Waals surface area contributed by atoms with Crippen molar-refractivity contribution in [1.29, 1.82) is 0 Å². The molecule has 0 radical (unpaired) electrons. The van der Waals surface area contributed by atoms with Gasteiger partial charge in [0, 0.05) is 24.2 Å². The maximum Gasteiger partial charge on any atom is 0.412 e. The van der Waals surface area contributed by atoms with Crippen LogP contribution in [0.25, 0.3) is 0 Å². The SMILES string of the molecule is CC(C)C(=O)Nc1ccc(N2CCCC(OC(=O)N3C4CC5CC(C4)OC3C5)C2)c(F)c1. The van der Waals surface area contributed by atoms with Crippen LogP contribution in [0.5, 0.6) is 0 Å². The molecule has 4 saturated heterocycles. The van der Waals surface area contributed by atoms with Crippen molar-refractivity contribution < 1.29 is 23.5 Å². The highest BCUT2D eigenvalue weighted by Crippen LogP contribution is 2.45. The Balaban J connectivity index is 1.21. The third-order valence-corrected chi connectivity index (χ3v) is 7.26. The number of anilines is 2. The molecule has 1 aromatic carbocycles. The number of nitrogens with one attached hydrogen (secondary N) is 1. The zero-order valence-corrected chi connectivity index (χ0v) is 18.8. The lowest BCUT2D eigenvalue weighted by Crippen LogP contribution is -2.63. The first-order valence-corrected chi connectivity index (χ1v) is 11.9. The van der Waals surface area contributed by atoms with Gasteiger partial charge in [-0.2, -0.15) is 0 Å². The molecule has 2 amide bonds. The number of benzene rings is 1. The van der Waals surface area contributed by atoms with Gasteiger partial charge in [-0.15, -0.1) is 0 Å². The second-order valence-corrected chi connectivity index (χ2v) is 9.99. The van der Waals surface area contributed by atoms with E-state index in [9.17, 15) is 14.0 Å². The summed E-state index contributed by atoms with van der Waals surface area (Å²) in [6.45, 7) is 4.74. The predicted molar refractivity (Wildman–Crippen MR) is 118 cm³/mol. The molecule has 174 valence electrons. The molecule has 4 bridgehead atoms. The van der Waals surface area contributed by atoms with E-state index in [1.54, 1.807) is 26.0 Å². The lowest BCUT2D eigenvalue weighted by molar-refractivity contribution is -0.220. The van der Waals surface area contributed by atoms with Crippen LogP contribution < -0.4 is 10.2 Å². The summed E-state index contributed by atoms with van der Waals surface area (Å²) in [6, 6.07) is 4.98. The van der Waals surface area contributed by atoms with Crippen LogP contribution in [0.2, 0.25) is 0 Å². The van der Waals surface area contributed by atoms with E-state index in [4.69, 9.17) is 9.47 Å². The standard InChI is InChI=1S/C24H32FN3O4/c1-14(2)23(29)26-16-5-6-21(20(25)11-16)27-7-3-4-18(13-27)32-24(30)28-17-8-15-9-19(12-17)31-22(28)10-15/h5-6,11,14-15,17-19,22H,3-4,7-10,12-13H2,1-2H3,(H,26,29). The molecule has 0 aromatic heterocycles. The molecule has 4 aliphatic heterocycles. The van der Waals surface area contributed by atoms with Crippen LogP contribution in [0.15, 0.2) is 18.2 Å². The van der Waals surface area contributed by atoms with Crippen LogP contribution in [0.3, 0.4) is 0 Å². The van der Waals surface area contributed by atoms with Gasteiger partial charge in [0.2, 0.25) is 5.91 Å². The molecular weight excluding hydrogens is 413 g/mol. The molecule has 0 spiro atoms. The molecule has 1 saturated carbocycles. The molecule has 32 heavy (non-hydrogen) atoms. The Bertz CT molecular complexity index is 864. The summed E-state index contributed by atoms with van der Waals surface area (Å²) in [5.41, 5.74) is 0.909. The van der Waals surface area contributed by atoms with E-state index in [1.165, 1.54) is 6.07 Å². The maximum absolute atomic E-state index is 14.8. The van der Waals surface area contributed by atoms with E-state index in [-0.39, 0.29) is 36.3 Å². The molecule has 1 aliphatic carbocycles. The van der Waals surface area contributed by atoms with Crippen molar-refractivity contribution in [3.05, 3.63) is 24.0 Å². The van der Waals surface area contributed by atoms with Gasteiger partial charge in [0.15, 0.2) is 0 Å². The average molecular weight is 446 g/mol. The largest absolute Gasteiger partial charge is 0.444 e. The number of amides is 2. The second-order valence-electron chi connectivity index (χ2n) is 9.99. The van der Waals surface area contributed by atoms with Crippen molar-refractivity contribution in [2.24, 2.45) is 11.8 Å². The zero-order valence-electron chi connectivity index (χ0n) is 18.8. The van der Waals surface area contributed by atoms with E-state index in [2.05, 4.69) is 5.32 Å². The van der Waals surface area contributed by atoms with Crippen LogP contribution >= 0.6 is 0 Å². The Morgan fingerprint density at radius 2 is 2.06 bits per heavy atom. The van der Waals surface area contributed by atoms with E-state index >= 15 is 0 Å². The smallest absolute Gasteiger partial charge is 0.412 e. The normalized spacial score (nSPS) is 31.2. The highest BCUT2D eigenvalue weighted by molar-refractivity contribution is 5.92. The number of hydrogen-bond acceptors (Lipinski definition) is 5. The number of nitrogens with zero attached hydrogens (tertiary/aromatic N) is 2. The number of piperidine rings is 2. The first-order chi connectivity index (χ1) is 15.4. The Labute approximate surface area is 188 Å². The van der Waals surface area contributed by atoms with Crippen molar-refractivity contribution >= 4 is 23.4 Å². The fraction of sp³-hybridized carbons (Fsp3) is 0.667. The minimum Gasteiger partial charge on any atom is -0.444 e. The minimum atomic E-state index is -0.392. The van der Waals surface area contributed by atoms with Crippen LogP contribution in [0, 0.1) is 17.7 Å². The lowest BCUT2D eigenvalue weighted by atomic mass is 9.75. The van der Waals surface area contributed by atoms with Gasteiger partial charge in [0.05, 0.1) is 18.3 Å². The lowest BCUT2D eigenvalue weighted by Gasteiger charge is -2.55. The van der Waals surface area contributed by atoms with E-state index in [0.29, 0.717) is 36.5 Å². The molecule has 5 unspecified atom stereocenters. The number of hydrogen-bond donors (Lipinski definition) is 1. The van der Waals surface area contributed by atoms with Crippen LogP contribution in [0.1, 0.15) is 52.4 Å². The van der Waals surface area contributed by atoms with E-state index in [1.807, 2.05) is 9.80 Å². The Morgan fingerprint density at radius 3 is 2.78 bits per heavy atom. The van der Waals surface area contributed by atoms with Gasteiger partial charge >= 0.3 is 6.09 Å². The zero-order chi connectivity index (χ0) is 22.4. The van der Waals surface area contributed by atoms with Crippen molar-refractivity contribution in [2.45, 2.75) is 76.9 Å². The highest BCUT2D eigenvalue weighted by Gasteiger charge is 2.50. The minimum absolute atomic E-state index is 0.147. The molecule has 6 rings (SSSR count). The van der Waals surface area contributed by atoms with Crippen molar-refractivity contribution in [1.82, 2.24) is 4.90 Å². The molecule has 5 aliphatic rings. The summed E-state index contributed by atoms with van der Waals surface area (Å²) in [5.74, 6) is -0.0449. The maximum atomic E-state index is 14.8. The second kappa shape index (κ2) is 8.54. The molecule has 8 heteroatoms. The Hall–Kier alpha value is -2.35. The average Bonchev–Trinajstić information content (AvgIpc) is 2.73. The van der Waals surface area contributed by atoms with Gasteiger partial charge in [-0.25, -0.2) is 9.18 Å². The van der Waals surface area contributed by atoms with Crippen LogP contribution in [-0.2, 0) is 14.3 Å². The van der Waals surface area contributed by atoms with Crippen LogP contribution in [-0.4, -0.2) is 54.5 Å². The van der Waals surface area contributed by atoms with Gasteiger partial charge in [0.25, 0.3) is 0 Å². The monoisotopic (exact) mass is 445 g/mol. The van der Waals surface area contributed by atoms with E-state index in [0.717, 1.165) is 38.5 Å². The summed E-state index contributed by atoms with van der Waals surface area (Å²) in [5, 5.41) is 2.72. The number of carbonyl (C=O) groups is 2. The first-order valence-electron chi connectivity index (χ1n) is 11.9. The fourth-order valence-corrected chi connectivity index (χ4v) is 5.71. The summed E-state index contributed by atoms with van der Waals surface area (Å²) in [7, 11) is 0. The molecule has 1 aromatic rings. The highest BCUT2D eigenvalue weighted by atomic mass is 19.1. The molecule has 5 fully saturated rings. The fourth-order valence-electron chi connectivity index (χ4n) is 5.71. The van der Waals surface area contributed by atoms with Gasteiger partial charge in [-0.05, 0) is 62.6 Å². The quantitative estimate of drug-likeness (QED) is 0.755. The van der Waals surface area contributed by atoms with E-state index < -0.39 is 5.82 Å². The topological polar surface area (TPSA) is 71.1 Å². The van der Waals surface area contributed by atoms with Gasteiger partial charge in [0.1, 0.15) is 18.1 Å². The molecule has 7 nitrogen and oxygen atoms in total. The summed E-state index contributed by atoms with van der Waals surface area (Å²) >= 11 is 0. The van der Waals surface area contributed by atoms with Gasteiger partial charge < -0.3 is 19.7 Å². The summed E-state index contributed by atoms with van der Waals surface area (Å²) in [4.78, 5) is 28.6. The molecule has 1 N–H and O–H groups in total. The number of halogens is 1. The van der Waals surface area contributed by atoms with Gasteiger partial charge in [-0.1, -0.05) is 13.8 Å². The third kappa shape index (κ3) is 4.17. The number of ether oxygens (including phenoxy) is 2. The molecular formula is C24H32FN3O4. The Kier molecular flexibility index (Phi) is 5.73. The van der Waals surface area contributed by atoms with Crippen molar-refractivity contribution in [2.75, 3.05) is 23.3 Å². The number of carbonyl (C=O) groups excluding carboxylic acids is 2. The Morgan fingerprint density at radius 1 is 1.22 bits per heavy atom. The molecule has 5 atom stereocenters. The summed E-state index contributed by atoms with van der Waals surface area (Å²) in [6.07, 6.45) is 5.14. The van der Waals surface area contributed by atoms with Crippen LogP contribution in [0.4, 0.5) is 20.6 Å². The number of rotatable bonds is 4. The predicted octanol–water partition coefficient (Wildman–Crippen LogP) is 4.12. The summed E-state index contributed by atoms with van der Waals surface area (Å²) < 4.78 is 26.8. The van der Waals surface area contributed by atoms with Crippen molar-refractivity contribution in [3.63, 3.8) is 0 Å².